The first-order chi connectivity index (χ1) is 14.3. The highest BCUT2D eigenvalue weighted by Gasteiger charge is 2.35. The molecule has 0 saturated carbocycles. The van der Waals surface area contributed by atoms with Crippen molar-refractivity contribution in [1.29, 1.82) is 0 Å². The Morgan fingerprint density at radius 3 is 2.80 bits per heavy atom. The molecule has 1 fully saturated rings. The lowest BCUT2D eigenvalue weighted by atomic mass is 9.78. The summed E-state index contributed by atoms with van der Waals surface area (Å²) in [6.07, 6.45) is 2.48. The van der Waals surface area contributed by atoms with E-state index >= 15 is 0 Å². The van der Waals surface area contributed by atoms with Crippen molar-refractivity contribution in [1.82, 2.24) is 10.6 Å². The van der Waals surface area contributed by atoms with Crippen molar-refractivity contribution >= 4 is 17.6 Å². The molecule has 1 heterocycles. The quantitative estimate of drug-likeness (QED) is 0.342. The molecule has 168 valence electrons. The van der Waals surface area contributed by atoms with Crippen molar-refractivity contribution in [3.8, 4) is 5.75 Å². The van der Waals surface area contributed by atoms with Crippen molar-refractivity contribution in [2.75, 3.05) is 38.2 Å². The molecule has 1 aliphatic rings. The summed E-state index contributed by atoms with van der Waals surface area (Å²) < 4.78 is 11.9. The predicted octanol–water partition coefficient (Wildman–Crippen LogP) is 3.42. The van der Waals surface area contributed by atoms with E-state index in [4.69, 9.17) is 14.5 Å². The smallest absolute Gasteiger partial charge is 0.221 e. The van der Waals surface area contributed by atoms with Crippen LogP contribution in [0.1, 0.15) is 47.5 Å². The summed E-state index contributed by atoms with van der Waals surface area (Å²) in [5.74, 6) is 1.85. The standard InChI is InChI=1S/C23H38N4O3/c1-6-24-22(26-16-18-9-8-13-30-21(18)23(3,4)5)25-12-14-29-20-11-7-10-19(15-20)27-17(2)28/h7,10-11,15,18,21H,6,8-9,12-14,16H2,1-5H3,(H,27,28)(H2,24,25,26). The van der Waals surface area contributed by atoms with Gasteiger partial charge in [0.2, 0.25) is 5.91 Å². The molecule has 2 atom stereocenters. The minimum Gasteiger partial charge on any atom is -0.492 e. The Balaban J connectivity index is 1.84. The zero-order chi connectivity index (χ0) is 22.0. The molecule has 1 saturated heterocycles. The molecule has 30 heavy (non-hydrogen) atoms. The summed E-state index contributed by atoms with van der Waals surface area (Å²) >= 11 is 0. The third-order valence-corrected chi connectivity index (χ3v) is 4.94. The van der Waals surface area contributed by atoms with Gasteiger partial charge in [-0.25, -0.2) is 0 Å². The number of anilines is 1. The number of guanidine groups is 1. The first-order valence-corrected chi connectivity index (χ1v) is 10.9. The van der Waals surface area contributed by atoms with Gasteiger partial charge in [0.05, 0.1) is 12.6 Å². The molecule has 7 nitrogen and oxygen atoms in total. The van der Waals surface area contributed by atoms with E-state index in [0.717, 1.165) is 49.9 Å². The van der Waals surface area contributed by atoms with E-state index in [2.05, 4.69) is 43.6 Å². The van der Waals surface area contributed by atoms with Crippen LogP contribution in [-0.4, -0.2) is 50.8 Å². The SMILES string of the molecule is CCNC(=NCC1CCCOC1C(C)(C)C)NCCOc1cccc(NC(C)=O)c1. The molecule has 1 aliphatic heterocycles. The number of carbonyl (C=O) groups is 1. The van der Waals surface area contributed by atoms with Gasteiger partial charge in [-0.05, 0) is 37.3 Å². The Morgan fingerprint density at radius 1 is 1.30 bits per heavy atom. The molecule has 2 unspecified atom stereocenters. The van der Waals surface area contributed by atoms with Gasteiger partial charge in [-0.1, -0.05) is 26.8 Å². The van der Waals surface area contributed by atoms with E-state index in [1.807, 2.05) is 24.3 Å². The van der Waals surface area contributed by atoms with E-state index in [-0.39, 0.29) is 17.4 Å². The van der Waals surface area contributed by atoms with Crippen LogP contribution in [0.2, 0.25) is 0 Å². The van der Waals surface area contributed by atoms with Crippen LogP contribution in [0.25, 0.3) is 0 Å². The highest BCUT2D eigenvalue weighted by atomic mass is 16.5. The fourth-order valence-corrected chi connectivity index (χ4v) is 3.74. The average molecular weight is 419 g/mol. The summed E-state index contributed by atoms with van der Waals surface area (Å²) in [4.78, 5) is 16.0. The topological polar surface area (TPSA) is 84.0 Å². The van der Waals surface area contributed by atoms with E-state index in [9.17, 15) is 4.79 Å². The van der Waals surface area contributed by atoms with Crippen molar-refractivity contribution in [3.05, 3.63) is 24.3 Å². The van der Waals surface area contributed by atoms with Gasteiger partial charge in [0, 0.05) is 44.3 Å². The van der Waals surface area contributed by atoms with Crippen molar-refractivity contribution in [2.45, 2.75) is 53.6 Å². The normalized spacial score (nSPS) is 19.8. The van der Waals surface area contributed by atoms with Gasteiger partial charge in [0.1, 0.15) is 12.4 Å². The maximum Gasteiger partial charge on any atom is 0.221 e. The minimum absolute atomic E-state index is 0.0997. The van der Waals surface area contributed by atoms with Gasteiger partial charge < -0.3 is 25.4 Å². The van der Waals surface area contributed by atoms with E-state index in [1.165, 1.54) is 6.92 Å². The second-order valence-corrected chi connectivity index (χ2v) is 8.76. The number of rotatable bonds is 8. The van der Waals surface area contributed by atoms with Crippen LogP contribution >= 0.6 is 0 Å². The number of carbonyl (C=O) groups excluding carboxylic acids is 1. The molecular formula is C23H38N4O3. The maximum absolute atomic E-state index is 11.2. The van der Waals surface area contributed by atoms with Gasteiger partial charge in [0.25, 0.3) is 0 Å². The number of benzene rings is 1. The van der Waals surface area contributed by atoms with Crippen molar-refractivity contribution < 1.29 is 14.3 Å². The van der Waals surface area contributed by atoms with Crippen LogP contribution in [0.3, 0.4) is 0 Å². The summed E-state index contributed by atoms with van der Waals surface area (Å²) in [5, 5.41) is 9.39. The number of hydrogen-bond donors (Lipinski definition) is 3. The maximum atomic E-state index is 11.2. The monoisotopic (exact) mass is 418 g/mol. The number of nitrogens with one attached hydrogen (secondary N) is 3. The highest BCUT2D eigenvalue weighted by molar-refractivity contribution is 5.88. The Morgan fingerprint density at radius 2 is 2.10 bits per heavy atom. The van der Waals surface area contributed by atoms with Crippen LogP contribution in [-0.2, 0) is 9.53 Å². The van der Waals surface area contributed by atoms with Gasteiger partial charge in [-0.2, -0.15) is 0 Å². The molecule has 0 aromatic heterocycles. The number of hydrogen-bond acceptors (Lipinski definition) is 4. The Labute approximate surface area is 181 Å². The van der Waals surface area contributed by atoms with Crippen LogP contribution < -0.4 is 20.7 Å². The largest absolute Gasteiger partial charge is 0.492 e. The van der Waals surface area contributed by atoms with E-state index in [1.54, 1.807) is 0 Å². The van der Waals surface area contributed by atoms with Gasteiger partial charge in [-0.3, -0.25) is 9.79 Å². The molecule has 1 aromatic carbocycles. The molecule has 0 radical (unpaired) electrons. The second kappa shape index (κ2) is 11.8. The molecule has 1 amide bonds. The first kappa shape index (κ1) is 24.0. The predicted molar refractivity (Wildman–Crippen MR) is 122 cm³/mol. The van der Waals surface area contributed by atoms with Crippen molar-refractivity contribution in [2.24, 2.45) is 16.3 Å². The van der Waals surface area contributed by atoms with Crippen LogP contribution in [0, 0.1) is 11.3 Å². The second-order valence-electron chi connectivity index (χ2n) is 8.76. The number of aliphatic imine (C=N–C) groups is 1. The van der Waals surface area contributed by atoms with Crippen LogP contribution in [0.5, 0.6) is 5.75 Å². The van der Waals surface area contributed by atoms with Crippen LogP contribution in [0.15, 0.2) is 29.3 Å². The molecule has 1 aromatic rings. The minimum atomic E-state index is -0.0997. The molecule has 0 bridgehead atoms. The van der Waals surface area contributed by atoms with Gasteiger partial charge in [0.15, 0.2) is 5.96 Å². The van der Waals surface area contributed by atoms with E-state index < -0.39 is 0 Å². The van der Waals surface area contributed by atoms with Gasteiger partial charge in [-0.15, -0.1) is 0 Å². The molecular weight excluding hydrogens is 380 g/mol. The summed E-state index contributed by atoms with van der Waals surface area (Å²) in [5.41, 5.74) is 0.845. The average Bonchev–Trinajstić information content (AvgIpc) is 2.68. The molecule has 0 spiro atoms. The third-order valence-electron chi connectivity index (χ3n) is 4.94. The fourth-order valence-electron chi connectivity index (χ4n) is 3.74. The fraction of sp³-hybridized carbons (Fsp3) is 0.652. The Bertz CT molecular complexity index is 700. The Kier molecular flexibility index (Phi) is 9.43. The lowest BCUT2D eigenvalue weighted by molar-refractivity contribution is -0.114. The van der Waals surface area contributed by atoms with Crippen LogP contribution in [0.4, 0.5) is 5.69 Å². The molecule has 2 rings (SSSR count). The molecule has 7 heteroatoms. The number of amides is 1. The highest BCUT2D eigenvalue weighted by Crippen LogP contribution is 2.34. The van der Waals surface area contributed by atoms with Crippen molar-refractivity contribution in [3.63, 3.8) is 0 Å². The summed E-state index contributed by atoms with van der Waals surface area (Å²) in [6, 6.07) is 7.39. The number of nitrogens with zero attached hydrogens (tertiary/aromatic N) is 1. The summed E-state index contributed by atoms with van der Waals surface area (Å²) in [6.45, 7) is 13.8. The lowest BCUT2D eigenvalue weighted by Gasteiger charge is -2.39. The zero-order valence-corrected chi connectivity index (χ0v) is 19.1. The zero-order valence-electron chi connectivity index (χ0n) is 19.1. The van der Waals surface area contributed by atoms with E-state index in [0.29, 0.717) is 19.1 Å². The molecule has 0 aliphatic carbocycles. The van der Waals surface area contributed by atoms with Gasteiger partial charge >= 0.3 is 0 Å². The first-order valence-electron chi connectivity index (χ1n) is 10.9. The molecule has 3 N–H and O–H groups in total. The Hall–Kier alpha value is -2.28. The number of ether oxygens (including phenoxy) is 2. The lowest BCUT2D eigenvalue weighted by Crippen LogP contribution is -2.43. The third kappa shape index (κ3) is 8.22. The summed E-state index contributed by atoms with van der Waals surface area (Å²) in [7, 11) is 0.